The number of nitrogens with zero attached hydrogens (tertiary/aromatic N) is 2. The van der Waals surface area contributed by atoms with Gasteiger partial charge >= 0.3 is 0 Å². The maximum atomic E-state index is 12.8. The third-order valence-electron chi connectivity index (χ3n) is 3.12. The van der Waals surface area contributed by atoms with Crippen LogP contribution < -0.4 is 4.72 Å². The maximum absolute atomic E-state index is 12.8. The molecular formula is C13H16FN3O2S2. The van der Waals surface area contributed by atoms with E-state index < -0.39 is 15.8 Å². The molecule has 1 heterocycles. The second kappa shape index (κ2) is 6.48. The molecule has 0 radical (unpaired) electrons. The zero-order valence-electron chi connectivity index (χ0n) is 11.7. The Morgan fingerprint density at radius 1 is 1.19 bits per heavy atom. The predicted molar refractivity (Wildman–Crippen MR) is 80.4 cm³/mol. The Balaban J connectivity index is 2.19. The van der Waals surface area contributed by atoms with E-state index >= 15 is 0 Å². The summed E-state index contributed by atoms with van der Waals surface area (Å²) in [6.07, 6.45) is 1.85. The third kappa shape index (κ3) is 3.76. The number of anilines is 1. The van der Waals surface area contributed by atoms with Gasteiger partial charge in [-0.2, -0.15) is 0 Å². The topological polar surface area (TPSA) is 72.0 Å². The molecule has 114 valence electrons. The monoisotopic (exact) mass is 329 g/mol. The first-order chi connectivity index (χ1) is 9.96. The highest BCUT2D eigenvalue weighted by molar-refractivity contribution is 7.93. The van der Waals surface area contributed by atoms with E-state index in [9.17, 15) is 12.8 Å². The fourth-order valence-corrected chi connectivity index (χ4v) is 4.11. The van der Waals surface area contributed by atoms with Crippen LogP contribution in [-0.4, -0.2) is 18.6 Å². The summed E-state index contributed by atoms with van der Waals surface area (Å²) in [6.45, 7) is 4.11. The number of rotatable bonds is 6. The lowest BCUT2D eigenvalue weighted by atomic mass is 10.1. The van der Waals surface area contributed by atoms with Gasteiger partial charge in [0.1, 0.15) is 10.8 Å². The van der Waals surface area contributed by atoms with Crippen LogP contribution in [0.25, 0.3) is 0 Å². The summed E-state index contributed by atoms with van der Waals surface area (Å²) in [7, 11) is -3.76. The van der Waals surface area contributed by atoms with Crippen LogP contribution in [0.2, 0.25) is 0 Å². The molecule has 1 aromatic carbocycles. The van der Waals surface area contributed by atoms with E-state index in [1.807, 2.05) is 0 Å². The Morgan fingerprint density at radius 3 is 2.38 bits per heavy atom. The summed E-state index contributed by atoms with van der Waals surface area (Å²) in [6, 6.07) is 4.62. The van der Waals surface area contributed by atoms with Crippen molar-refractivity contribution in [2.75, 3.05) is 4.72 Å². The van der Waals surface area contributed by atoms with Gasteiger partial charge in [-0.3, -0.25) is 4.72 Å². The van der Waals surface area contributed by atoms with E-state index in [1.165, 1.54) is 23.5 Å². The number of hydrogen-bond donors (Lipinski definition) is 1. The quantitative estimate of drug-likeness (QED) is 0.882. The van der Waals surface area contributed by atoms with Crippen molar-refractivity contribution in [1.29, 1.82) is 0 Å². The lowest BCUT2D eigenvalue weighted by Crippen LogP contribution is -2.12. The molecule has 0 saturated carbocycles. The molecule has 0 atom stereocenters. The normalized spacial score (nSPS) is 11.8. The molecule has 0 fully saturated rings. The lowest BCUT2D eigenvalue weighted by molar-refractivity contribution is 0.599. The smallest absolute Gasteiger partial charge is 0.253 e. The number of benzene rings is 1. The Morgan fingerprint density at radius 2 is 1.81 bits per heavy atom. The molecule has 21 heavy (non-hydrogen) atoms. The SMILES string of the molecule is CCC(CC)c1nnc(NS(=O)(=O)c2ccc(F)cc2)s1. The first kappa shape index (κ1) is 15.8. The van der Waals surface area contributed by atoms with Gasteiger partial charge in [0.25, 0.3) is 10.0 Å². The van der Waals surface area contributed by atoms with Crippen LogP contribution in [0.5, 0.6) is 0 Å². The van der Waals surface area contributed by atoms with Gasteiger partial charge in [0.2, 0.25) is 5.13 Å². The second-order valence-electron chi connectivity index (χ2n) is 4.52. The Hall–Kier alpha value is -1.54. The standard InChI is InChI=1S/C13H16FN3O2S2/c1-3-9(4-2)12-15-16-13(20-12)17-21(18,19)11-7-5-10(14)6-8-11/h5-9H,3-4H2,1-2H3,(H,16,17). The number of halogens is 1. The molecule has 2 rings (SSSR count). The molecular weight excluding hydrogens is 313 g/mol. The average molecular weight is 329 g/mol. The Kier molecular flexibility index (Phi) is 4.89. The van der Waals surface area contributed by atoms with E-state index in [-0.39, 0.29) is 15.9 Å². The molecule has 8 heteroatoms. The van der Waals surface area contributed by atoms with Crippen LogP contribution in [0.4, 0.5) is 9.52 Å². The first-order valence-corrected chi connectivity index (χ1v) is 8.88. The molecule has 2 aromatic rings. The molecule has 0 aliphatic heterocycles. The molecule has 0 saturated heterocycles. The van der Waals surface area contributed by atoms with Crippen LogP contribution in [-0.2, 0) is 10.0 Å². The average Bonchev–Trinajstić information content (AvgIpc) is 2.88. The first-order valence-electron chi connectivity index (χ1n) is 6.58. The predicted octanol–water partition coefficient (Wildman–Crippen LogP) is 3.38. The van der Waals surface area contributed by atoms with Crippen LogP contribution in [0.3, 0.4) is 0 Å². The summed E-state index contributed by atoms with van der Waals surface area (Å²) < 4.78 is 39.5. The van der Waals surface area contributed by atoms with Crippen LogP contribution in [0.15, 0.2) is 29.2 Å². The van der Waals surface area contributed by atoms with Gasteiger partial charge in [-0.1, -0.05) is 25.2 Å². The van der Waals surface area contributed by atoms with Crippen molar-refractivity contribution >= 4 is 26.5 Å². The lowest BCUT2D eigenvalue weighted by Gasteiger charge is -2.06. The highest BCUT2D eigenvalue weighted by atomic mass is 32.2. The van der Waals surface area contributed by atoms with Gasteiger partial charge in [-0.05, 0) is 37.1 Å². The van der Waals surface area contributed by atoms with Crippen molar-refractivity contribution in [2.45, 2.75) is 37.5 Å². The minimum absolute atomic E-state index is 0.0109. The van der Waals surface area contributed by atoms with Gasteiger partial charge in [0.15, 0.2) is 0 Å². The fraction of sp³-hybridized carbons (Fsp3) is 0.385. The van der Waals surface area contributed by atoms with E-state index in [2.05, 4.69) is 28.8 Å². The zero-order valence-corrected chi connectivity index (χ0v) is 13.3. The van der Waals surface area contributed by atoms with E-state index in [1.54, 1.807) is 0 Å². The minimum Gasteiger partial charge on any atom is -0.253 e. The molecule has 1 aromatic heterocycles. The number of nitrogens with one attached hydrogen (secondary N) is 1. The number of sulfonamides is 1. The third-order valence-corrected chi connectivity index (χ3v) is 5.61. The van der Waals surface area contributed by atoms with Crippen molar-refractivity contribution < 1.29 is 12.8 Å². The molecule has 1 N–H and O–H groups in total. The van der Waals surface area contributed by atoms with Crippen molar-refractivity contribution in [2.24, 2.45) is 0 Å². The summed E-state index contributed by atoms with van der Waals surface area (Å²) in [5, 5.41) is 8.94. The van der Waals surface area contributed by atoms with Crippen LogP contribution >= 0.6 is 11.3 Å². The van der Waals surface area contributed by atoms with E-state index in [0.717, 1.165) is 30.0 Å². The summed E-state index contributed by atoms with van der Waals surface area (Å²) in [5.74, 6) is -0.201. The van der Waals surface area contributed by atoms with Crippen molar-refractivity contribution in [3.8, 4) is 0 Å². The van der Waals surface area contributed by atoms with Gasteiger partial charge in [0.05, 0.1) is 4.90 Å². The number of aromatic nitrogens is 2. The van der Waals surface area contributed by atoms with E-state index in [4.69, 9.17) is 0 Å². The van der Waals surface area contributed by atoms with Crippen LogP contribution in [0, 0.1) is 5.82 Å². The molecule has 0 amide bonds. The zero-order chi connectivity index (χ0) is 15.5. The molecule has 0 unspecified atom stereocenters. The van der Waals surface area contributed by atoms with Crippen molar-refractivity contribution in [3.63, 3.8) is 0 Å². The van der Waals surface area contributed by atoms with Gasteiger partial charge in [0, 0.05) is 5.92 Å². The van der Waals surface area contributed by atoms with Gasteiger partial charge in [-0.15, -0.1) is 10.2 Å². The molecule has 0 bridgehead atoms. The highest BCUT2D eigenvalue weighted by Gasteiger charge is 2.19. The van der Waals surface area contributed by atoms with Crippen molar-refractivity contribution in [1.82, 2.24) is 10.2 Å². The Labute approximate surface area is 127 Å². The minimum atomic E-state index is -3.76. The summed E-state index contributed by atoms with van der Waals surface area (Å²) >= 11 is 1.23. The van der Waals surface area contributed by atoms with Crippen molar-refractivity contribution in [3.05, 3.63) is 35.1 Å². The second-order valence-corrected chi connectivity index (χ2v) is 7.21. The highest BCUT2D eigenvalue weighted by Crippen LogP contribution is 2.29. The fourth-order valence-electron chi connectivity index (χ4n) is 1.87. The number of hydrogen-bond acceptors (Lipinski definition) is 5. The van der Waals surface area contributed by atoms with E-state index in [0.29, 0.717) is 0 Å². The van der Waals surface area contributed by atoms with Crippen LogP contribution in [0.1, 0.15) is 37.6 Å². The molecule has 5 nitrogen and oxygen atoms in total. The Bertz CT molecular complexity index is 694. The summed E-state index contributed by atoms with van der Waals surface area (Å²) in [4.78, 5) is -0.0109. The molecule has 0 aliphatic rings. The van der Waals surface area contributed by atoms with Gasteiger partial charge in [-0.25, -0.2) is 12.8 Å². The van der Waals surface area contributed by atoms with Gasteiger partial charge < -0.3 is 0 Å². The summed E-state index contributed by atoms with van der Waals surface area (Å²) in [5.41, 5.74) is 0. The molecule has 0 spiro atoms. The maximum Gasteiger partial charge on any atom is 0.263 e. The molecule has 0 aliphatic carbocycles. The largest absolute Gasteiger partial charge is 0.263 e.